The molecule has 3 aromatic rings. The third-order valence-electron chi connectivity index (χ3n) is 3.45. The van der Waals surface area contributed by atoms with Gasteiger partial charge >= 0.3 is 0 Å². The lowest BCUT2D eigenvalue weighted by atomic mass is 10.3. The number of aromatic nitrogens is 2. The van der Waals surface area contributed by atoms with Gasteiger partial charge in [-0.15, -0.1) is 0 Å². The second-order valence-corrected chi connectivity index (χ2v) is 6.49. The molecule has 0 aliphatic heterocycles. The van der Waals surface area contributed by atoms with Gasteiger partial charge in [-0.05, 0) is 24.3 Å². The van der Waals surface area contributed by atoms with Gasteiger partial charge < -0.3 is 20.8 Å². The van der Waals surface area contributed by atoms with Gasteiger partial charge in [-0.1, -0.05) is 11.8 Å². The zero-order chi connectivity index (χ0) is 21.0. The van der Waals surface area contributed by atoms with Crippen LogP contribution in [0.5, 0.6) is 0 Å². The SMILES string of the molecule is Nc1nc(SCC(=O)Nc2ccc(F)cc2F)[nH]c(=O)c1NC(=O)c1ccco1. The van der Waals surface area contributed by atoms with Gasteiger partial charge in [0.05, 0.1) is 17.7 Å². The summed E-state index contributed by atoms with van der Waals surface area (Å²) in [7, 11) is 0. The number of H-pyrrole nitrogens is 1. The molecule has 150 valence electrons. The van der Waals surface area contributed by atoms with Crippen LogP contribution in [0.15, 0.2) is 51.0 Å². The van der Waals surface area contributed by atoms with E-state index in [-0.39, 0.29) is 33.9 Å². The molecular formula is C17H13F2N5O4S. The first-order valence-electron chi connectivity index (χ1n) is 7.96. The number of anilines is 3. The number of benzene rings is 1. The number of nitrogens with zero attached hydrogens (tertiary/aromatic N) is 1. The van der Waals surface area contributed by atoms with Crippen LogP contribution in [0, 0.1) is 11.6 Å². The summed E-state index contributed by atoms with van der Waals surface area (Å²) < 4.78 is 31.3. The monoisotopic (exact) mass is 421 g/mol. The third-order valence-corrected chi connectivity index (χ3v) is 4.33. The molecule has 0 bridgehead atoms. The molecule has 5 N–H and O–H groups in total. The summed E-state index contributed by atoms with van der Waals surface area (Å²) in [5.41, 5.74) is 4.52. The molecule has 0 fully saturated rings. The molecule has 0 radical (unpaired) electrons. The van der Waals surface area contributed by atoms with Crippen molar-refractivity contribution < 1.29 is 22.8 Å². The first kappa shape index (κ1) is 20.1. The number of rotatable bonds is 6. The minimum absolute atomic E-state index is 0.0122. The maximum Gasteiger partial charge on any atom is 0.291 e. The predicted molar refractivity (Wildman–Crippen MR) is 102 cm³/mol. The Bertz CT molecular complexity index is 1120. The summed E-state index contributed by atoms with van der Waals surface area (Å²) >= 11 is 0.824. The molecule has 12 heteroatoms. The third kappa shape index (κ3) is 4.99. The average molecular weight is 421 g/mol. The lowest BCUT2D eigenvalue weighted by Crippen LogP contribution is -2.23. The molecule has 0 aliphatic carbocycles. The highest BCUT2D eigenvalue weighted by Gasteiger charge is 2.16. The fourth-order valence-corrected chi connectivity index (χ4v) is 2.82. The number of thioether (sulfide) groups is 1. The van der Waals surface area contributed by atoms with Crippen LogP contribution in [-0.2, 0) is 4.79 Å². The molecule has 9 nitrogen and oxygen atoms in total. The van der Waals surface area contributed by atoms with Crippen molar-refractivity contribution in [1.82, 2.24) is 9.97 Å². The highest BCUT2D eigenvalue weighted by atomic mass is 32.2. The number of carbonyl (C=O) groups is 2. The molecule has 0 aliphatic rings. The molecular weight excluding hydrogens is 408 g/mol. The average Bonchev–Trinajstić information content (AvgIpc) is 3.20. The maximum absolute atomic E-state index is 13.6. The Morgan fingerprint density at radius 1 is 1.24 bits per heavy atom. The Labute approximate surface area is 165 Å². The molecule has 1 aromatic carbocycles. The van der Waals surface area contributed by atoms with Gasteiger partial charge in [0, 0.05) is 6.07 Å². The van der Waals surface area contributed by atoms with E-state index >= 15 is 0 Å². The van der Waals surface area contributed by atoms with E-state index in [2.05, 4.69) is 20.6 Å². The maximum atomic E-state index is 13.6. The van der Waals surface area contributed by atoms with Crippen LogP contribution in [0.25, 0.3) is 0 Å². The van der Waals surface area contributed by atoms with Crippen LogP contribution in [0.2, 0.25) is 0 Å². The standard InChI is InChI=1S/C17H13F2N5O4S/c18-8-3-4-10(9(19)6-8)21-12(25)7-29-17-23-14(20)13(16(27)24-17)22-15(26)11-2-1-5-28-11/h1-6H,7H2,(H,21,25)(H,22,26)(H3,20,23,24,27). The number of nitrogen functional groups attached to an aromatic ring is 1. The summed E-state index contributed by atoms with van der Waals surface area (Å²) in [5.74, 6) is -3.51. The minimum Gasteiger partial charge on any atom is -0.459 e. The normalized spacial score (nSPS) is 10.6. The number of aromatic amines is 1. The number of halogens is 2. The van der Waals surface area contributed by atoms with Crippen LogP contribution in [0.4, 0.5) is 26.0 Å². The molecule has 2 heterocycles. The van der Waals surface area contributed by atoms with Crippen molar-refractivity contribution in [2.75, 3.05) is 22.1 Å². The minimum atomic E-state index is -0.921. The van der Waals surface area contributed by atoms with Crippen molar-refractivity contribution in [3.05, 3.63) is 64.3 Å². The first-order chi connectivity index (χ1) is 13.8. The number of nitrogens with two attached hydrogens (primary N) is 1. The van der Waals surface area contributed by atoms with Crippen molar-refractivity contribution in [2.24, 2.45) is 0 Å². The Balaban J connectivity index is 1.63. The van der Waals surface area contributed by atoms with Gasteiger partial charge in [0.15, 0.2) is 22.4 Å². The Kier molecular flexibility index (Phi) is 5.93. The second-order valence-electron chi connectivity index (χ2n) is 5.52. The fraction of sp³-hybridized carbons (Fsp3) is 0.0588. The zero-order valence-electron chi connectivity index (χ0n) is 14.5. The Morgan fingerprint density at radius 2 is 2.03 bits per heavy atom. The number of amides is 2. The Hall–Kier alpha value is -3.67. The topological polar surface area (TPSA) is 143 Å². The van der Waals surface area contributed by atoms with Gasteiger partial charge in [-0.3, -0.25) is 19.4 Å². The largest absolute Gasteiger partial charge is 0.459 e. The van der Waals surface area contributed by atoms with Crippen LogP contribution < -0.4 is 21.9 Å². The van der Waals surface area contributed by atoms with Crippen molar-refractivity contribution >= 4 is 40.8 Å². The van der Waals surface area contributed by atoms with Crippen molar-refractivity contribution in [3.63, 3.8) is 0 Å². The zero-order valence-corrected chi connectivity index (χ0v) is 15.3. The molecule has 0 unspecified atom stereocenters. The van der Waals surface area contributed by atoms with E-state index in [1.807, 2.05) is 0 Å². The van der Waals surface area contributed by atoms with Crippen LogP contribution in [-0.4, -0.2) is 27.5 Å². The van der Waals surface area contributed by atoms with Gasteiger partial charge in [0.25, 0.3) is 11.5 Å². The molecule has 0 saturated carbocycles. The second kappa shape index (κ2) is 8.56. The molecule has 0 atom stereocenters. The van der Waals surface area contributed by atoms with Crippen LogP contribution in [0.3, 0.4) is 0 Å². The quantitative estimate of drug-likeness (QED) is 0.353. The number of hydrogen-bond donors (Lipinski definition) is 4. The van der Waals surface area contributed by atoms with Gasteiger partial charge in [-0.2, -0.15) is 0 Å². The summed E-state index contributed by atoms with van der Waals surface area (Å²) in [6.45, 7) is 0. The van der Waals surface area contributed by atoms with E-state index in [9.17, 15) is 23.2 Å². The molecule has 0 spiro atoms. The van der Waals surface area contributed by atoms with Gasteiger partial charge in [0.2, 0.25) is 5.91 Å². The number of hydrogen-bond acceptors (Lipinski definition) is 7. The van der Waals surface area contributed by atoms with Crippen molar-refractivity contribution in [3.8, 4) is 0 Å². The lowest BCUT2D eigenvalue weighted by molar-refractivity contribution is -0.113. The van der Waals surface area contributed by atoms with Gasteiger partial charge in [0.1, 0.15) is 11.6 Å². The molecule has 2 aromatic heterocycles. The summed E-state index contributed by atoms with van der Waals surface area (Å²) in [5, 5.41) is 4.57. The smallest absolute Gasteiger partial charge is 0.291 e. The van der Waals surface area contributed by atoms with E-state index in [4.69, 9.17) is 10.2 Å². The highest BCUT2D eigenvalue weighted by molar-refractivity contribution is 7.99. The summed E-state index contributed by atoms with van der Waals surface area (Å²) in [6.07, 6.45) is 1.29. The predicted octanol–water partition coefficient (Wildman–Crippen LogP) is 2.21. The van der Waals surface area contributed by atoms with Crippen molar-refractivity contribution in [1.29, 1.82) is 0 Å². The van der Waals surface area contributed by atoms with E-state index < -0.39 is 29.0 Å². The highest BCUT2D eigenvalue weighted by Crippen LogP contribution is 2.19. The van der Waals surface area contributed by atoms with E-state index in [0.717, 1.165) is 23.9 Å². The molecule has 3 rings (SSSR count). The number of furan rings is 1. The van der Waals surface area contributed by atoms with Crippen LogP contribution in [0.1, 0.15) is 10.6 Å². The first-order valence-corrected chi connectivity index (χ1v) is 8.94. The van der Waals surface area contributed by atoms with E-state index in [0.29, 0.717) is 6.07 Å². The van der Waals surface area contributed by atoms with E-state index in [1.165, 1.54) is 18.4 Å². The van der Waals surface area contributed by atoms with Crippen molar-refractivity contribution in [2.45, 2.75) is 5.16 Å². The molecule has 29 heavy (non-hydrogen) atoms. The molecule has 2 amide bonds. The summed E-state index contributed by atoms with van der Waals surface area (Å²) in [6, 6.07) is 5.63. The summed E-state index contributed by atoms with van der Waals surface area (Å²) in [4.78, 5) is 42.3. The Morgan fingerprint density at radius 3 is 2.69 bits per heavy atom. The van der Waals surface area contributed by atoms with Gasteiger partial charge in [-0.25, -0.2) is 13.8 Å². The number of nitrogens with one attached hydrogen (secondary N) is 3. The molecule has 0 saturated heterocycles. The lowest BCUT2D eigenvalue weighted by Gasteiger charge is -2.08. The van der Waals surface area contributed by atoms with Crippen LogP contribution >= 0.6 is 11.8 Å². The fourth-order valence-electron chi connectivity index (χ4n) is 2.15. The van der Waals surface area contributed by atoms with E-state index in [1.54, 1.807) is 0 Å². The number of carbonyl (C=O) groups excluding carboxylic acids is 2.